The number of rotatable bonds is 3. The highest BCUT2D eigenvalue weighted by Crippen LogP contribution is 2.37. The van der Waals surface area contributed by atoms with Crippen molar-refractivity contribution in [1.29, 1.82) is 0 Å². The van der Waals surface area contributed by atoms with Gasteiger partial charge in [0.05, 0.1) is 17.4 Å². The molecule has 1 atom stereocenters. The highest BCUT2D eigenvalue weighted by atomic mass is 16.3. The number of hydrogen-bond acceptors (Lipinski definition) is 3. The summed E-state index contributed by atoms with van der Waals surface area (Å²) >= 11 is 0. The molecule has 24 heavy (non-hydrogen) atoms. The molecule has 1 heterocycles. The van der Waals surface area contributed by atoms with E-state index >= 15 is 0 Å². The second-order valence-corrected chi connectivity index (χ2v) is 5.87. The molecule has 1 N–H and O–H groups in total. The van der Waals surface area contributed by atoms with E-state index in [0.29, 0.717) is 0 Å². The molecule has 0 unspecified atom stereocenters. The Morgan fingerprint density at radius 3 is 2.12 bits per heavy atom. The van der Waals surface area contributed by atoms with Crippen molar-refractivity contribution in [2.75, 3.05) is 5.01 Å². The summed E-state index contributed by atoms with van der Waals surface area (Å²) in [5.41, 5.74) is 3.98. The van der Waals surface area contributed by atoms with Gasteiger partial charge in [0.15, 0.2) is 0 Å². The number of aromatic hydroxyl groups is 1. The van der Waals surface area contributed by atoms with Gasteiger partial charge >= 0.3 is 0 Å². The van der Waals surface area contributed by atoms with Crippen LogP contribution in [0.2, 0.25) is 0 Å². The molecular formula is C21H18N2O. The molecule has 0 saturated carbocycles. The van der Waals surface area contributed by atoms with Gasteiger partial charge in [0, 0.05) is 12.0 Å². The van der Waals surface area contributed by atoms with Gasteiger partial charge in [-0.15, -0.1) is 0 Å². The van der Waals surface area contributed by atoms with Crippen LogP contribution in [-0.2, 0) is 0 Å². The summed E-state index contributed by atoms with van der Waals surface area (Å²) in [5.74, 6) is 0.276. The highest BCUT2D eigenvalue weighted by molar-refractivity contribution is 6.05. The predicted octanol–water partition coefficient (Wildman–Crippen LogP) is 4.75. The summed E-state index contributed by atoms with van der Waals surface area (Å²) in [5, 5.41) is 17.1. The minimum absolute atomic E-state index is 0.128. The van der Waals surface area contributed by atoms with Gasteiger partial charge in [-0.2, -0.15) is 5.10 Å². The van der Waals surface area contributed by atoms with Gasteiger partial charge in [-0.05, 0) is 29.8 Å². The number of para-hydroxylation sites is 2. The largest absolute Gasteiger partial charge is 0.507 e. The van der Waals surface area contributed by atoms with Crippen LogP contribution in [0, 0.1) is 0 Å². The molecule has 0 fully saturated rings. The van der Waals surface area contributed by atoms with Gasteiger partial charge in [0.2, 0.25) is 0 Å². The smallest absolute Gasteiger partial charge is 0.124 e. The van der Waals surface area contributed by atoms with Crippen molar-refractivity contribution in [3.05, 3.63) is 96.1 Å². The third-order valence-corrected chi connectivity index (χ3v) is 4.33. The lowest BCUT2D eigenvalue weighted by Crippen LogP contribution is -2.18. The molecule has 1 aliphatic heterocycles. The minimum Gasteiger partial charge on any atom is -0.507 e. The summed E-state index contributed by atoms with van der Waals surface area (Å²) in [6, 6.07) is 28.1. The van der Waals surface area contributed by atoms with Crippen molar-refractivity contribution in [3.8, 4) is 5.75 Å². The van der Waals surface area contributed by atoms with E-state index < -0.39 is 0 Å². The van der Waals surface area contributed by atoms with Crippen LogP contribution < -0.4 is 5.01 Å². The zero-order chi connectivity index (χ0) is 16.4. The zero-order valence-electron chi connectivity index (χ0n) is 13.2. The first-order valence-corrected chi connectivity index (χ1v) is 8.08. The maximum Gasteiger partial charge on any atom is 0.124 e. The molecule has 0 saturated heterocycles. The Kier molecular flexibility index (Phi) is 3.75. The number of phenolic OH excluding ortho intramolecular Hbond substituents is 1. The minimum atomic E-state index is 0.128. The average Bonchev–Trinajstić information content (AvgIpc) is 3.09. The number of phenols is 1. The number of hydrogen-bond donors (Lipinski definition) is 1. The van der Waals surface area contributed by atoms with Crippen LogP contribution in [0.1, 0.15) is 23.6 Å². The summed E-state index contributed by atoms with van der Waals surface area (Å²) in [6.45, 7) is 0. The lowest BCUT2D eigenvalue weighted by Gasteiger charge is -2.23. The van der Waals surface area contributed by atoms with Crippen LogP contribution in [0.3, 0.4) is 0 Å². The summed E-state index contributed by atoms with van der Waals surface area (Å²) in [4.78, 5) is 0. The topological polar surface area (TPSA) is 35.8 Å². The molecule has 1 aliphatic rings. The van der Waals surface area contributed by atoms with Crippen molar-refractivity contribution >= 4 is 11.4 Å². The Balaban J connectivity index is 1.77. The summed E-state index contributed by atoms with van der Waals surface area (Å²) in [6.07, 6.45) is 0.760. The molecule has 0 amide bonds. The van der Waals surface area contributed by atoms with Crippen LogP contribution in [0.5, 0.6) is 5.75 Å². The van der Waals surface area contributed by atoms with Crippen molar-refractivity contribution in [1.82, 2.24) is 0 Å². The summed E-state index contributed by atoms with van der Waals surface area (Å²) in [7, 11) is 0. The lowest BCUT2D eigenvalue weighted by atomic mass is 9.98. The second kappa shape index (κ2) is 6.20. The number of benzene rings is 3. The maximum absolute atomic E-state index is 10.2. The van der Waals surface area contributed by atoms with Crippen LogP contribution in [0.25, 0.3) is 0 Å². The van der Waals surface area contributed by atoms with Gasteiger partial charge in [-0.1, -0.05) is 60.7 Å². The van der Waals surface area contributed by atoms with Crippen molar-refractivity contribution in [3.63, 3.8) is 0 Å². The first kappa shape index (κ1) is 14.5. The quantitative estimate of drug-likeness (QED) is 0.757. The molecule has 0 bridgehead atoms. The van der Waals surface area contributed by atoms with E-state index in [9.17, 15) is 5.11 Å². The van der Waals surface area contributed by atoms with Gasteiger partial charge in [-0.25, -0.2) is 0 Å². The fourth-order valence-electron chi connectivity index (χ4n) is 3.14. The first-order valence-electron chi connectivity index (χ1n) is 8.08. The molecule has 118 valence electrons. The van der Waals surface area contributed by atoms with E-state index in [2.05, 4.69) is 41.4 Å². The van der Waals surface area contributed by atoms with E-state index in [-0.39, 0.29) is 11.8 Å². The zero-order valence-corrected chi connectivity index (χ0v) is 13.2. The SMILES string of the molecule is Oc1ccccc1C1=NN(c2ccccc2)[C@H](c2ccccc2)C1. The maximum atomic E-state index is 10.2. The van der Waals surface area contributed by atoms with Crippen molar-refractivity contribution in [2.45, 2.75) is 12.5 Å². The van der Waals surface area contributed by atoms with E-state index in [1.165, 1.54) is 5.56 Å². The van der Waals surface area contributed by atoms with Crippen molar-refractivity contribution < 1.29 is 5.11 Å². The Labute approximate surface area is 141 Å². The lowest BCUT2D eigenvalue weighted by molar-refractivity contribution is 0.474. The Morgan fingerprint density at radius 2 is 1.42 bits per heavy atom. The normalized spacial score (nSPS) is 16.9. The fraction of sp³-hybridized carbons (Fsp3) is 0.0952. The van der Waals surface area contributed by atoms with Crippen LogP contribution >= 0.6 is 0 Å². The van der Waals surface area contributed by atoms with Crippen LogP contribution in [0.15, 0.2) is 90.0 Å². The van der Waals surface area contributed by atoms with E-state index in [1.54, 1.807) is 6.07 Å². The standard InChI is InChI=1S/C21H18N2O/c24-21-14-8-7-13-18(21)19-15-20(16-9-3-1-4-10-16)23(22-19)17-11-5-2-6-12-17/h1-14,20,24H,15H2/t20-/m0/s1. The highest BCUT2D eigenvalue weighted by Gasteiger charge is 2.30. The van der Waals surface area contributed by atoms with E-state index in [4.69, 9.17) is 5.10 Å². The van der Waals surface area contributed by atoms with Crippen LogP contribution in [-0.4, -0.2) is 10.8 Å². The molecule has 3 heteroatoms. The van der Waals surface area contributed by atoms with E-state index in [1.807, 2.05) is 42.5 Å². The van der Waals surface area contributed by atoms with E-state index in [0.717, 1.165) is 23.4 Å². The van der Waals surface area contributed by atoms with Gasteiger partial charge in [0.25, 0.3) is 0 Å². The molecule has 3 nitrogen and oxygen atoms in total. The fourth-order valence-corrected chi connectivity index (χ4v) is 3.14. The number of nitrogens with zero attached hydrogens (tertiary/aromatic N) is 2. The molecule has 3 aromatic carbocycles. The van der Waals surface area contributed by atoms with Crippen LogP contribution in [0.4, 0.5) is 5.69 Å². The third-order valence-electron chi connectivity index (χ3n) is 4.33. The molecule has 3 aromatic rings. The molecule has 0 radical (unpaired) electrons. The Bertz CT molecular complexity index is 859. The monoisotopic (exact) mass is 314 g/mol. The van der Waals surface area contributed by atoms with Gasteiger partial charge in [0.1, 0.15) is 5.75 Å². The Hall–Kier alpha value is -3.07. The molecule has 0 aromatic heterocycles. The first-order chi connectivity index (χ1) is 11.8. The van der Waals surface area contributed by atoms with Crippen molar-refractivity contribution in [2.24, 2.45) is 5.10 Å². The molecular weight excluding hydrogens is 296 g/mol. The van der Waals surface area contributed by atoms with Gasteiger partial charge < -0.3 is 5.11 Å². The molecule has 0 aliphatic carbocycles. The predicted molar refractivity (Wildman–Crippen MR) is 97.4 cm³/mol. The second-order valence-electron chi connectivity index (χ2n) is 5.87. The number of anilines is 1. The third kappa shape index (κ3) is 2.65. The molecule has 0 spiro atoms. The Morgan fingerprint density at radius 1 is 0.792 bits per heavy atom. The molecule has 4 rings (SSSR count). The average molecular weight is 314 g/mol. The number of hydrazone groups is 1. The van der Waals surface area contributed by atoms with Gasteiger partial charge in [-0.3, -0.25) is 5.01 Å². The summed E-state index contributed by atoms with van der Waals surface area (Å²) < 4.78 is 0.